The Balaban J connectivity index is 1.87. The Hall–Kier alpha value is -0.370. The van der Waals surface area contributed by atoms with Gasteiger partial charge >= 0.3 is 0 Å². The van der Waals surface area contributed by atoms with Crippen molar-refractivity contribution in [1.29, 1.82) is 0 Å². The van der Waals surface area contributed by atoms with E-state index in [2.05, 4.69) is 6.92 Å². The van der Waals surface area contributed by atoms with Crippen molar-refractivity contribution in [3.05, 3.63) is 0 Å². The molecule has 0 aromatic carbocycles. The lowest BCUT2D eigenvalue weighted by Gasteiger charge is -2.36. The highest BCUT2D eigenvalue weighted by atomic mass is 16.5. The number of ketones is 1. The van der Waals surface area contributed by atoms with E-state index in [1.165, 1.54) is 12.8 Å². The molecule has 1 atom stereocenters. The summed E-state index contributed by atoms with van der Waals surface area (Å²) in [5, 5.41) is 0. The second-order valence-electron chi connectivity index (χ2n) is 5.69. The summed E-state index contributed by atoms with van der Waals surface area (Å²) >= 11 is 0. The summed E-state index contributed by atoms with van der Waals surface area (Å²) in [4.78, 5) is 12.2. The fraction of sp³-hybridized carbons (Fsp3) is 0.929. The van der Waals surface area contributed by atoms with E-state index < -0.39 is 0 Å². The highest BCUT2D eigenvalue weighted by molar-refractivity contribution is 5.88. The van der Waals surface area contributed by atoms with Gasteiger partial charge in [0.05, 0.1) is 0 Å². The van der Waals surface area contributed by atoms with E-state index >= 15 is 0 Å². The molecule has 0 aromatic heterocycles. The van der Waals surface area contributed by atoms with Gasteiger partial charge in [0.25, 0.3) is 0 Å². The van der Waals surface area contributed by atoms with Crippen molar-refractivity contribution in [2.45, 2.75) is 52.4 Å². The molecule has 2 saturated carbocycles. The summed E-state index contributed by atoms with van der Waals surface area (Å²) in [6.07, 6.45) is 6.89. The maximum Gasteiger partial charge on any atom is 0.141 e. The van der Waals surface area contributed by atoms with Crippen LogP contribution in [0.15, 0.2) is 0 Å². The molecule has 0 N–H and O–H groups in total. The van der Waals surface area contributed by atoms with Crippen molar-refractivity contribution in [3.8, 4) is 0 Å². The van der Waals surface area contributed by atoms with Gasteiger partial charge in [-0.3, -0.25) is 4.79 Å². The van der Waals surface area contributed by atoms with Crippen LogP contribution in [0.5, 0.6) is 0 Å². The number of carbonyl (C=O) groups is 1. The monoisotopic (exact) mass is 224 g/mol. The van der Waals surface area contributed by atoms with Crippen LogP contribution in [0.3, 0.4) is 0 Å². The van der Waals surface area contributed by atoms with Gasteiger partial charge in [0, 0.05) is 24.5 Å². The number of carbonyl (C=O) groups excluding carboxylic acids is 1. The molecule has 2 aliphatic rings. The molecule has 0 aromatic rings. The van der Waals surface area contributed by atoms with Gasteiger partial charge in [-0.05, 0) is 51.4 Å². The van der Waals surface area contributed by atoms with Crippen LogP contribution in [-0.4, -0.2) is 19.0 Å². The third-order valence-corrected chi connectivity index (χ3v) is 4.65. The molecule has 0 bridgehead atoms. The van der Waals surface area contributed by atoms with Crippen molar-refractivity contribution < 1.29 is 9.53 Å². The van der Waals surface area contributed by atoms with Crippen molar-refractivity contribution in [2.75, 3.05) is 13.2 Å². The minimum absolute atomic E-state index is 0.0854. The summed E-state index contributed by atoms with van der Waals surface area (Å²) in [6.45, 7) is 5.86. The van der Waals surface area contributed by atoms with E-state index in [-0.39, 0.29) is 5.41 Å². The normalized spacial score (nSPS) is 39.5. The first-order valence-corrected chi connectivity index (χ1v) is 6.80. The Kier molecular flexibility index (Phi) is 3.68. The minimum atomic E-state index is 0.0854. The third-order valence-electron chi connectivity index (χ3n) is 4.65. The Bertz CT molecular complexity index is 251. The van der Waals surface area contributed by atoms with Gasteiger partial charge in [-0.2, -0.15) is 0 Å². The van der Waals surface area contributed by atoms with Crippen LogP contribution >= 0.6 is 0 Å². The van der Waals surface area contributed by atoms with E-state index in [0.29, 0.717) is 17.6 Å². The Morgan fingerprint density at radius 2 is 1.88 bits per heavy atom. The Labute approximate surface area is 98.7 Å². The zero-order chi connectivity index (χ0) is 11.6. The molecular formula is C14H24O2. The summed E-state index contributed by atoms with van der Waals surface area (Å²) < 4.78 is 5.49. The SMILES string of the molecule is CCOCC1CCC2(CC1)CCC(C)C2=O. The minimum Gasteiger partial charge on any atom is -0.381 e. The first-order chi connectivity index (χ1) is 7.68. The van der Waals surface area contributed by atoms with Gasteiger partial charge in [0.1, 0.15) is 5.78 Å². The van der Waals surface area contributed by atoms with Gasteiger partial charge in [0.2, 0.25) is 0 Å². The number of rotatable bonds is 3. The molecule has 2 nitrogen and oxygen atoms in total. The van der Waals surface area contributed by atoms with E-state index in [4.69, 9.17) is 4.74 Å². The fourth-order valence-electron chi connectivity index (χ4n) is 3.45. The lowest BCUT2D eigenvalue weighted by Crippen LogP contribution is -2.33. The maximum atomic E-state index is 12.2. The topological polar surface area (TPSA) is 26.3 Å². The molecule has 92 valence electrons. The van der Waals surface area contributed by atoms with Crippen molar-refractivity contribution >= 4 is 5.78 Å². The highest BCUT2D eigenvalue weighted by Gasteiger charge is 2.47. The van der Waals surface area contributed by atoms with Crippen LogP contribution in [0.1, 0.15) is 52.4 Å². The second kappa shape index (κ2) is 4.87. The molecule has 2 aliphatic carbocycles. The van der Waals surface area contributed by atoms with Crippen molar-refractivity contribution in [2.24, 2.45) is 17.3 Å². The molecule has 16 heavy (non-hydrogen) atoms. The van der Waals surface area contributed by atoms with E-state index in [1.807, 2.05) is 6.92 Å². The molecule has 2 heteroatoms. The molecule has 0 aliphatic heterocycles. The van der Waals surface area contributed by atoms with Crippen LogP contribution in [-0.2, 0) is 9.53 Å². The summed E-state index contributed by atoms with van der Waals surface area (Å²) in [5.41, 5.74) is 0.0854. The molecule has 0 saturated heterocycles. The highest BCUT2D eigenvalue weighted by Crippen LogP contribution is 2.49. The Morgan fingerprint density at radius 1 is 1.25 bits per heavy atom. The summed E-state index contributed by atoms with van der Waals surface area (Å²) in [7, 11) is 0. The predicted octanol–water partition coefficient (Wildman–Crippen LogP) is 3.20. The number of hydrogen-bond acceptors (Lipinski definition) is 2. The first kappa shape index (κ1) is 12.1. The summed E-state index contributed by atoms with van der Waals surface area (Å²) in [5.74, 6) is 1.58. The summed E-state index contributed by atoms with van der Waals surface area (Å²) in [6, 6.07) is 0. The van der Waals surface area contributed by atoms with Gasteiger partial charge in [-0.25, -0.2) is 0 Å². The zero-order valence-corrected chi connectivity index (χ0v) is 10.6. The largest absolute Gasteiger partial charge is 0.381 e. The molecule has 2 rings (SSSR count). The van der Waals surface area contributed by atoms with Gasteiger partial charge in [-0.15, -0.1) is 0 Å². The smallest absolute Gasteiger partial charge is 0.141 e. The Morgan fingerprint density at radius 3 is 2.38 bits per heavy atom. The van der Waals surface area contributed by atoms with Crippen LogP contribution in [0.4, 0.5) is 0 Å². The molecule has 0 radical (unpaired) electrons. The van der Waals surface area contributed by atoms with Gasteiger partial charge in [0.15, 0.2) is 0 Å². The molecule has 1 unspecified atom stereocenters. The maximum absolute atomic E-state index is 12.2. The predicted molar refractivity (Wildman–Crippen MR) is 64.3 cm³/mol. The lowest BCUT2D eigenvalue weighted by atomic mass is 9.68. The van der Waals surface area contributed by atoms with Crippen LogP contribution < -0.4 is 0 Å². The standard InChI is InChI=1S/C14H24O2/c1-3-16-10-12-5-8-14(9-6-12)7-4-11(2)13(14)15/h11-12H,3-10H2,1-2H3. The third kappa shape index (κ3) is 2.17. The molecule has 0 amide bonds. The van der Waals surface area contributed by atoms with E-state index in [9.17, 15) is 4.79 Å². The van der Waals surface area contributed by atoms with Gasteiger partial charge in [-0.1, -0.05) is 6.92 Å². The zero-order valence-electron chi connectivity index (χ0n) is 10.6. The van der Waals surface area contributed by atoms with Gasteiger partial charge < -0.3 is 4.74 Å². The van der Waals surface area contributed by atoms with E-state index in [0.717, 1.165) is 38.9 Å². The fourth-order valence-corrected chi connectivity index (χ4v) is 3.45. The van der Waals surface area contributed by atoms with Crippen LogP contribution in [0, 0.1) is 17.3 Å². The number of ether oxygens (including phenoxy) is 1. The van der Waals surface area contributed by atoms with Crippen molar-refractivity contribution in [1.82, 2.24) is 0 Å². The van der Waals surface area contributed by atoms with Crippen molar-refractivity contribution in [3.63, 3.8) is 0 Å². The first-order valence-electron chi connectivity index (χ1n) is 6.80. The van der Waals surface area contributed by atoms with Crippen LogP contribution in [0.2, 0.25) is 0 Å². The quantitative estimate of drug-likeness (QED) is 0.736. The average molecular weight is 224 g/mol. The van der Waals surface area contributed by atoms with E-state index in [1.54, 1.807) is 0 Å². The molecular weight excluding hydrogens is 200 g/mol. The molecule has 1 spiro atoms. The number of hydrogen-bond donors (Lipinski definition) is 0. The molecule has 0 heterocycles. The average Bonchev–Trinajstić information content (AvgIpc) is 2.58. The number of Topliss-reactive ketones (excluding diaryl/α,β-unsaturated/α-hetero) is 1. The molecule has 2 fully saturated rings. The second-order valence-corrected chi connectivity index (χ2v) is 5.69. The van der Waals surface area contributed by atoms with Crippen LogP contribution in [0.25, 0.3) is 0 Å². The lowest BCUT2D eigenvalue weighted by molar-refractivity contribution is -0.130.